The quantitative estimate of drug-likeness (QED) is 0.752. The van der Waals surface area contributed by atoms with Gasteiger partial charge in [-0.3, -0.25) is 4.98 Å². The fourth-order valence-electron chi connectivity index (χ4n) is 1.27. The van der Waals surface area contributed by atoms with Crippen LogP contribution in [0.1, 0.15) is 5.56 Å². The molecule has 78 valence electrons. The van der Waals surface area contributed by atoms with E-state index < -0.39 is 0 Å². The van der Waals surface area contributed by atoms with Crippen LogP contribution in [0, 0.1) is 0 Å². The van der Waals surface area contributed by atoms with Gasteiger partial charge in [-0.1, -0.05) is 6.07 Å². The molecule has 0 spiro atoms. The third-order valence-electron chi connectivity index (χ3n) is 1.98. The smallest absolute Gasteiger partial charge is 0.259 e. The highest BCUT2D eigenvalue weighted by molar-refractivity contribution is 6.17. The molecule has 0 unspecified atom stereocenters. The Balaban J connectivity index is 2.49. The van der Waals surface area contributed by atoms with Crippen LogP contribution in [0.2, 0.25) is 0 Å². The summed E-state index contributed by atoms with van der Waals surface area (Å²) >= 11 is 5.80. The van der Waals surface area contributed by atoms with E-state index in [0.717, 1.165) is 5.56 Å². The Bertz CT molecular complexity index is 442. The summed E-state index contributed by atoms with van der Waals surface area (Å²) in [6, 6.07) is 5.53. The van der Waals surface area contributed by atoms with Crippen LogP contribution in [-0.4, -0.2) is 17.3 Å². The first-order valence-electron chi connectivity index (χ1n) is 4.36. The molecular formula is C10H9ClN2O2. The number of aromatic nitrogens is 2. The van der Waals surface area contributed by atoms with Gasteiger partial charge in [-0.05, 0) is 17.3 Å². The van der Waals surface area contributed by atoms with Gasteiger partial charge in [-0.2, -0.15) is 0 Å². The number of halogens is 1. The van der Waals surface area contributed by atoms with Crippen LogP contribution in [0.15, 0.2) is 28.9 Å². The highest BCUT2D eigenvalue weighted by Gasteiger charge is 2.17. The molecule has 0 aliphatic heterocycles. The first-order chi connectivity index (χ1) is 7.36. The SMILES string of the molecule is COc1noc(-c2ccccn2)c1CCl. The Morgan fingerprint density at radius 1 is 1.47 bits per heavy atom. The van der Waals surface area contributed by atoms with Crippen LogP contribution in [0.3, 0.4) is 0 Å². The molecular weight excluding hydrogens is 216 g/mol. The van der Waals surface area contributed by atoms with Crippen LogP contribution in [0.5, 0.6) is 5.88 Å². The molecule has 0 fully saturated rings. The molecule has 0 aromatic carbocycles. The third kappa shape index (κ3) is 1.80. The van der Waals surface area contributed by atoms with E-state index in [1.54, 1.807) is 6.20 Å². The van der Waals surface area contributed by atoms with Crippen molar-refractivity contribution in [2.45, 2.75) is 5.88 Å². The minimum Gasteiger partial charge on any atom is -0.479 e. The number of ether oxygens (including phenoxy) is 1. The summed E-state index contributed by atoms with van der Waals surface area (Å²) in [5, 5.41) is 3.76. The summed E-state index contributed by atoms with van der Waals surface area (Å²) in [6.07, 6.45) is 1.68. The predicted molar refractivity (Wildman–Crippen MR) is 55.8 cm³/mol. The molecule has 0 N–H and O–H groups in total. The monoisotopic (exact) mass is 224 g/mol. The van der Waals surface area contributed by atoms with Gasteiger partial charge in [-0.15, -0.1) is 11.6 Å². The second-order valence-corrected chi connectivity index (χ2v) is 3.12. The van der Waals surface area contributed by atoms with E-state index in [4.69, 9.17) is 20.9 Å². The summed E-state index contributed by atoms with van der Waals surface area (Å²) in [6.45, 7) is 0. The number of methoxy groups -OCH3 is 1. The number of alkyl halides is 1. The van der Waals surface area contributed by atoms with Gasteiger partial charge in [0.1, 0.15) is 5.69 Å². The van der Waals surface area contributed by atoms with Crippen molar-refractivity contribution in [2.75, 3.05) is 7.11 Å². The van der Waals surface area contributed by atoms with E-state index in [0.29, 0.717) is 17.3 Å². The maximum Gasteiger partial charge on any atom is 0.259 e. The van der Waals surface area contributed by atoms with Gasteiger partial charge in [0.15, 0.2) is 5.76 Å². The molecule has 4 nitrogen and oxygen atoms in total. The van der Waals surface area contributed by atoms with Crippen LogP contribution < -0.4 is 4.74 Å². The first kappa shape index (κ1) is 9.98. The number of pyridine rings is 1. The van der Waals surface area contributed by atoms with Gasteiger partial charge >= 0.3 is 0 Å². The molecule has 0 amide bonds. The lowest BCUT2D eigenvalue weighted by Crippen LogP contribution is -1.88. The van der Waals surface area contributed by atoms with Gasteiger partial charge in [0.2, 0.25) is 0 Å². The van der Waals surface area contributed by atoms with Crippen molar-refractivity contribution in [1.82, 2.24) is 10.1 Å². The summed E-state index contributed by atoms with van der Waals surface area (Å²) in [5.41, 5.74) is 1.42. The molecule has 0 aliphatic rings. The lowest BCUT2D eigenvalue weighted by atomic mass is 10.2. The van der Waals surface area contributed by atoms with Gasteiger partial charge in [0.25, 0.3) is 5.88 Å². The number of hydrogen-bond acceptors (Lipinski definition) is 4. The van der Waals surface area contributed by atoms with Crippen molar-refractivity contribution >= 4 is 11.6 Å². The minimum atomic E-state index is 0.276. The maximum absolute atomic E-state index is 5.80. The van der Waals surface area contributed by atoms with Gasteiger partial charge < -0.3 is 9.26 Å². The molecule has 0 saturated heterocycles. The Hall–Kier alpha value is -1.55. The molecule has 5 heteroatoms. The van der Waals surface area contributed by atoms with Crippen molar-refractivity contribution in [2.24, 2.45) is 0 Å². The summed E-state index contributed by atoms with van der Waals surface area (Å²) in [7, 11) is 1.52. The van der Waals surface area contributed by atoms with E-state index >= 15 is 0 Å². The maximum atomic E-state index is 5.80. The largest absolute Gasteiger partial charge is 0.479 e. The van der Waals surface area contributed by atoms with Crippen LogP contribution in [0.4, 0.5) is 0 Å². The lowest BCUT2D eigenvalue weighted by Gasteiger charge is -1.97. The van der Waals surface area contributed by atoms with E-state index in [-0.39, 0.29) is 5.88 Å². The van der Waals surface area contributed by atoms with Crippen molar-refractivity contribution in [1.29, 1.82) is 0 Å². The Kier molecular flexibility index (Phi) is 2.87. The average molecular weight is 225 g/mol. The second-order valence-electron chi connectivity index (χ2n) is 2.85. The van der Waals surface area contributed by atoms with Gasteiger partial charge in [0, 0.05) is 6.20 Å². The zero-order valence-corrected chi connectivity index (χ0v) is 8.86. The fraction of sp³-hybridized carbons (Fsp3) is 0.200. The predicted octanol–water partition coefficient (Wildman–Crippen LogP) is 2.48. The van der Waals surface area contributed by atoms with Crippen molar-refractivity contribution in [3.05, 3.63) is 30.0 Å². The Labute approximate surface area is 91.8 Å². The van der Waals surface area contributed by atoms with Crippen LogP contribution >= 0.6 is 11.6 Å². The highest BCUT2D eigenvalue weighted by atomic mass is 35.5. The Morgan fingerprint density at radius 2 is 2.33 bits per heavy atom. The van der Waals surface area contributed by atoms with Crippen molar-refractivity contribution < 1.29 is 9.26 Å². The van der Waals surface area contributed by atoms with Gasteiger partial charge in [0.05, 0.1) is 18.6 Å². The number of hydrogen-bond donors (Lipinski definition) is 0. The van der Waals surface area contributed by atoms with Crippen LogP contribution in [-0.2, 0) is 5.88 Å². The first-order valence-corrected chi connectivity index (χ1v) is 4.90. The third-order valence-corrected chi connectivity index (χ3v) is 2.24. The highest BCUT2D eigenvalue weighted by Crippen LogP contribution is 2.30. The second kappa shape index (κ2) is 4.31. The van der Waals surface area contributed by atoms with Crippen molar-refractivity contribution in [3.8, 4) is 17.3 Å². The molecule has 0 radical (unpaired) electrons. The lowest BCUT2D eigenvalue weighted by molar-refractivity contribution is 0.342. The molecule has 2 rings (SSSR count). The minimum absolute atomic E-state index is 0.276. The van der Waals surface area contributed by atoms with E-state index in [9.17, 15) is 0 Å². The molecule has 0 atom stereocenters. The molecule has 2 heterocycles. The molecule has 0 aliphatic carbocycles. The fourth-order valence-corrected chi connectivity index (χ4v) is 1.51. The van der Waals surface area contributed by atoms with Gasteiger partial charge in [-0.25, -0.2) is 0 Å². The van der Waals surface area contributed by atoms with E-state index in [1.165, 1.54) is 7.11 Å². The molecule has 2 aromatic rings. The summed E-state index contributed by atoms with van der Waals surface area (Å²) in [5.74, 6) is 1.24. The molecule has 2 aromatic heterocycles. The van der Waals surface area contributed by atoms with Crippen LogP contribution in [0.25, 0.3) is 11.5 Å². The molecule has 0 bridgehead atoms. The van der Waals surface area contributed by atoms with E-state index in [1.807, 2.05) is 18.2 Å². The zero-order valence-electron chi connectivity index (χ0n) is 8.11. The summed E-state index contributed by atoms with van der Waals surface area (Å²) < 4.78 is 10.2. The topological polar surface area (TPSA) is 48.2 Å². The molecule has 15 heavy (non-hydrogen) atoms. The van der Waals surface area contributed by atoms with E-state index in [2.05, 4.69) is 10.1 Å². The zero-order chi connectivity index (χ0) is 10.7. The van der Waals surface area contributed by atoms with Crippen molar-refractivity contribution in [3.63, 3.8) is 0 Å². The average Bonchev–Trinajstić information content (AvgIpc) is 2.72. The number of rotatable bonds is 3. The number of nitrogens with zero attached hydrogens (tertiary/aromatic N) is 2. The normalized spacial score (nSPS) is 10.3. The molecule has 0 saturated carbocycles. The summed E-state index contributed by atoms with van der Waals surface area (Å²) in [4.78, 5) is 4.16. The Morgan fingerprint density at radius 3 is 2.93 bits per heavy atom. The standard InChI is InChI=1S/C10H9ClN2O2/c1-14-10-7(6-11)9(15-13-10)8-4-2-3-5-12-8/h2-5H,6H2,1H3.